The number of hydrogen-bond acceptors (Lipinski definition) is 6. The molecule has 4 aliphatic rings. The van der Waals surface area contributed by atoms with Crippen molar-refractivity contribution in [1.82, 2.24) is 25.8 Å². The molecule has 2 aromatic carbocycles. The van der Waals surface area contributed by atoms with E-state index in [1.165, 1.54) is 32.1 Å². The van der Waals surface area contributed by atoms with Crippen LogP contribution in [0.4, 0.5) is 0 Å². The number of benzene rings is 2. The molecule has 270 valence electrons. The van der Waals surface area contributed by atoms with E-state index in [-0.39, 0.29) is 37.1 Å². The number of rotatable bonds is 7. The van der Waals surface area contributed by atoms with Crippen LogP contribution in [-0.2, 0) is 32.1 Å². The van der Waals surface area contributed by atoms with E-state index in [1.807, 2.05) is 60.4 Å². The third-order valence-electron chi connectivity index (χ3n) is 11.7. The van der Waals surface area contributed by atoms with Crippen molar-refractivity contribution in [1.29, 1.82) is 0 Å². The van der Waals surface area contributed by atoms with Crippen LogP contribution >= 0.6 is 0 Å². The van der Waals surface area contributed by atoms with Gasteiger partial charge in [0.25, 0.3) is 0 Å². The molecule has 3 heterocycles. The lowest BCUT2D eigenvalue weighted by Gasteiger charge is -2.48. The van der Waals surface area contributed by atoms with Crippen LogP contribution in [-0.4, -0.2) is 84.8 Å². The Bertz CT molecular complexity index is 1480. The maximum absolute atomic E-state index is 14.0. The van der Waals surface area contributed by atoms with Crippen molar-refractivity contribution in [2.24, 2.45) is 11.3 Å². The fraction of sp³-hybridized carbons (Fsp3) is 0.600. The Labute approximate surface area is 297 Å². The van der Waals surface area contributed by atoms with E-state index in [9.17, 15) is 19.2 Å². The third-order valence-corrected chi connectivity index (χ3v) is 11.7. The zero-order chi connectivity index (χ0) is 34.9. The van der Waals surface area contributed by atoms with Gasteiger partial charge >= 0.3 is 0 Å². The lowest BCUT2D eigenvalue weighted by Crippen LogP contribution is -2.55. The summed E-state index contributed by atoms with van der Waals surface area (Å²) >= 11 is 0. The van der Waals surface area contributed by atoms with Gasteiger partial charge in [-0.3, -0.25) is 19.2 Å². The number of ether oxygens (including phenoxy) is 1. The number of aryl methyl sites for hydroxylation is 2. The van der Waals surface area contributed by atoms with Crippen LogP contribution in [0.25, 0.3) is 0 Å². The largest absolute Gasteiger partial charge is 0.494 e. The van der Waals surface area contributed by atoms with Crippen LogP contribution < -0.4 is 20.7 Å². The highest BCUT2D eigenvalue weighted by Gasteiger charge is 2.39. The van der Waals surface area contributed by atoms with Crippen LogP contribution in [0.15, 0.2) is 48.5 Å². The van der Waals surface area contributed by atoms with Gasteiger partial charge in [0.1, 0.15) is 17.8 Å². The maximum Gasteiger partial charge on any atom is 0.243 e. The Kier molecular flexibility index (Phi) is 12.1. The van der Waals surface area contributed by atoms with Crippen molar-refractivity contribution in [3.8, 4) is 5.75 Å². The number of carbonyl (C=O) groups is 4. The van der Waals surface area contributed by atoms with Gasteiger partial charge in [0, 0.05) is 32.6 Å². The highest BCUT2D eigenvalue weighted by atomic mass is 16.5. The Morgan fingerprint density at radius 3 is 2.52 bits per heavy atom. The molecular weight excluding hydrogens is 630 g/mol. The fourth-order valence-corrected chi connectivity index (χ4v) is 8.07. The molecule has 3 aliphatic heterocycles. The van der Waals surface area contributed by atoms with Crippen LogP contribution in [0.3, 0.4) is 0 Å². The molecule has 1 spiro atoms. The molecule has 50 heavy (non-hydrogen) atoms. The molecule has 10 heteroatoms. The molecule has 1 saturated carbocycles. The SMILES string of the molecule is Cc1ccc2cc1CNC(=O)[C@H](CCc1ccccc1)NC(=O)[C@@H](NC(=O)CCN1CCC3(CCC3)CC1)CC(=O)N1CCCC(CCO2)C1. The summed E-state index contributed by atoms with van der Waals surface area (Å²) in [6.07, 6.45) is 10.1. The maximum atomic E-state index is 14.0. The number of piperidine rings is 2. The van der Waals surface area contributed by atoms with Crippen molar-refractivity contribution < 1.29 is 23.9 Å². The lowest BCUT2D eigenvalue weighted by atomic mass is 9.63. The Morgan fingerprint density at radius 2 is 1.76 bits per heavy atom. The van der Waals surface area contributed by atoms with Gasteiger partial charge in [-0.05, 0) is 118 Å². The molecule has 4 amide bonds. The van der Waals surface area contributed by atoms with Crippen molar-refractivity contribution in [3.05, 3.63) is 65.2 Å². The molecule has 3 N–H and O–H groups in total. The summed E-state index contributed by atoms with van der Waals surface area (Å²) in [5.74, 6) is -0.189. The van der Waals surface area contributed by atoms with Crippen molar-refractivity contribution in [3.63, 3.8) is 0 Å². The molecule has 3 fully saturated rings. The van der Waals surface area contributed by atoms with Gasteiger partial charge in [0.05, 0.1) is 13.0 Å². The van der Waals surface area contributed by atoms with E-state index >= 15 is 0 Å². The predicted molar refractivity (Wildman–Crippen MR) is 192 cm³/mol. The Morgan fingerprint density at radius 1 is 0.960 bits per heavy atom. The topological polar surface area (TPSA) is 120 Å². The molecule has 4 bridgehead atoms. The number of carbonyl (C=O) groups excluding carboxylic acids is 4. The highest BCUT2D eigenvalue weighted by molar-refractivity contribution is 5.95. The molecule has 2 aromatic rings. The minimum atomic E-state index is -1.08. The van der Waals surface area contributed by atoms with E-state index in [1.54, 1.807) is 0 Å². The first-order valence-electron chi connectivity index (χ1n) is 18.9. The van der Waals surface area contributed by atoms with Crippen LogP contribution in [0.1, 0.15) is 87.3 Å². The van der Waals surface area contributed by atoms with Gasteiger partial charge in [0.15, 0.2) is 0 Å². The van der Waals surface area contributed by atoms with Crippen LogP contribution in [0.2, 0.25) is 0 Å². The van der Waals surface area contributed by atoms with Gasteiger partial charge in [-0.2, -0.15) is 0 Å². The first-order valence-corrected chi connectivity index (χ1v) is 18.9. The molecular formula is C40H55N5O5. The Hall–Kier alpha value is -3.92. The number of nitrogens with one attached hydrogen (secondary N) is 3. The number of hydrogen-bond donors (Lipinski definition) is 3. The number of likely N-dealkylation sites (tertiary alicyclic amines) is 1. The molecule has 10 nitrogen and oxygen atoms in total. The zero-order valence-corrected chi connectivity index (χ0v) is 29.7. The highest BCUT2D eigenvalue weighted by Crippen LogP contribution is 2.48. The van der Waals surface area contributed by atoms with E-state index in [0.29, 0.717) is 50.4 Å². The molecule has 0 radical (unpaired) electrons. The summed E-state index contributed by atoms with van der Waals surface area (Å²) in [7, 11) is 0. The first kappa shape index (κ1) is 35.9. The average Bonchev–Trinajstić information content (AvgIpc) is 3.11. The van der Waals surface area contributed by atoms with Crippen molar-refractivity contribution >= 4 is 23.6 Å². The smallest absolute Gasteiger partial charge is 0.243 e. The standard InChI is InChI=1S/C40H55N5O5/c1-29-10-12-33-25-32(29)27-41-38(48)34(13-11-30-7-3-2-4-8-30)43-39(49)35(26-37(47)45-20-5-9-31(28-45)15-24-50-33)42-36(46)14-21-44-22-18-40(19-23-44)16-6-17-40/h2-4,7-8,10,12,25,31,34-35H,5-6,9,11,13-24,26-28H2,1H3,(H,41,48)(H,42,46)(H,43,49)/t31?,34-,35-/m0/s1. The summed E-state index contributed by atoms with van der Waals surface area (Å²) in [6, 6.07) is 13.8. The molecule has 2 saturated heterocycles. The summed E-state index contributed by atoms with van der Waals surface area (Å²) in [4.78, 5) is 59.1. The minimum Gasteiger partial charge on any atom is -0.494 e. The third kappa shape index (κ3) is 9.65. The van der Waals surface area contributed by atoms with Gasteiger partial charge in [-0.15, -0.1) is 0 Å². The Balaban J connectivity index is 1.18. The second kappa shape index (κ2) is 16.9. The van der Waals surface area contributed by atoms with E-state index in [2.05, 4.69) is 20.9 Å². The van der Waals surface area contributed by atoms with Crippen molar-refractivity contribution in [2.75, 3.05) is 39.3 Å². The van der Waals surface area contributed by atoms with E-state index < -0.39 is 18.0 Å². The van der Waals surface area contributed by atoms with Gasteiger partial charge < -0.3 is 30.5 Å². The minimum absolute atomic E-state index is 0.149. The van der Waals surface area contributed by atoms with E-state index in [4.69, 9.17) is 4.74 Å². The quantitative estimate of drug-likeness (QED) is 0.401. The monoisotopic (exact) mass is 685 g/mol. The summed E-state index contributed by atoms with van der Waals surface area (Å²) in [5, 5.41) is 8.90. The van der Waals surface area contributed by atoms with Gasteiger partial charge in [-0.25, -0.2) is 0 Å². The molecule has 0 aromatic heterocycles. The van der Waals surface area contributed by atoms with Crippen LogP contribution in [0.5, 0.6) is 5.75 Å². The predicted octanol–water partition coefficient (Wildman–Crippen LogP) is 4.28. The lowest BCUT2D eigenvalue weighted by molar-refractivity contribution is -0.138. The second-order valence-electron chi connectivity index (χ2n) is 15.1. The van der Waals surface area contributed by atoms with Gasteiger partial charge in [-0.1, -0.05) is 42.8 Å². The normalized spacial score (nSPS) is 24.9. The second-order valence-corrected chi connectivity index (χ2v) is 15.1. The average molecular weight is 686 g/mol. The fourth-order valence-electron chi connectivity index (χ4n) is 8.07. The molecule has 3 atom stereocenters. The molecule has 1 aliphatic carbocycles. The number of fused-ring (bicyclic) bond motifs is 4. The van der Waals surface area contributed by atoms with Gasteiger partial charge in [0.2, 0.25) is 23.6 Å². The molecule has 1 unspecified atom stereocenters. The summed E-state index contributed by atoms with van der Waals surface area (Å²) in [5.41, 5.74) is 3.57. The summed E-state index contributed by atoms with van der Waals surface area (Å²) < 4.78 is 6.14. The van der Waals surface area contributed by atoms with E-state index in [0.717, 1.165) is 54.8 Å². The first-order chi connectivity index (χ1) is 24.2. The molecule has 6 rings (SSSR count). The summed E-state index contributed by atoms with van der Waals surface area (Å²) in [6.45, 7) is 6.67. The number of nitrogens with zero attached hydrogens (tertiary/aromatic N) is 2. The zero-order valence-electron chi connectivity index (χ0n) is 29.7. The number of amides is 4. The van der Waals surface area contributed by atoms with Crippen LogP contribution in [0, 0.1) is 18.3 Å². The van der Waals surface area contributed by atoms with Crippen molar-refractivity contribution in [2.45, 2.75) is 103 Å².